The third kappa shape index (κ3) is 2.83. The molecular formula is C18H13F3N4O. The molecule has 1 saturated carbocycles. The first-order valence-corrected chi connectivity index (χ1v) is 7.92. The Kier molecular flexibility index (Phi) is 3.75. The van der Waals surface area contributed by atoms with Crippen molar-refractivity contribution in [3.8, 4) is 5.69 Å². The summed E-state index contributed by atoms with van der Waals surface area (Å²) in [5.74, 6) is -2.08. The number of amides is 1. The molecule has 1 aromatic carbocycles. The molecule has 1 amide bonds. The van der Waals surface area contributed by atoms with Gasteiger partial charge in [0.25, 0.3) is 0 Å². The standard InChI is InChI=1S/C18H13F3N4O/c19-11-1-2-14(20)13(9-11)18(5-6-18)17(26)23-16-4-8-25(24-16)12-3-7-22-15(21)10-12/h1-4,7-10H,5-6H2,(H,23,24,26). The maximum absolute atomic E-state index is 14.1. The molecule has 26 heavy (non-hydrogen) atoms. The molecule has 0 bridgehead atoms. The molecule has 0 radical (unpaired) electrons. The lowest BCUT2D eigenvalue weighted by atomic mass is 9.94. The highest BCUT2D eigenvalue weighted by molar-refractivity contribution is 6.00. The number of hydrogen-bond donors (Lipinski definition) is 1. The van der Waals surface area contributed by atoms with Crippen molar-refractivity contribution in [2.75, 3.05) is 5.32 Å². The number of aromatic nitrogens is 3. The van der Waals surface area contributed by atoms with Crippen LogP contribution < -0.4 is 5.32 Å². The van der Waals surface area contributed by atoms with Crippen LogP contribution in [-0.4, -0.2) is 20.7 Å². The largest absolute Gasteiger partial charge is 0.308 e. The first-order valence-electron chi connectivity index (χ1n) is 7.92. The number of pyridine rings is 1. The minimum atomic E-state index is -1.08. The third-order valence-corrected chi connectivity index (χ3v) is 4.43. The van der Waals surface area contributed by atoms with Crippen LogP contribution in [0.4, 0.5) is 19.0 Å². The number of carbonyl (C=O) groups is 1. The smallest absolute Gasteiger partial charge is 0.236 e. The van der Waals surface area contributed by atoms with E-state index in [1.54, 1.807) is 12.3 Å². The molecule has 1 N–H and O–H groups in total. The van der Waals surface area contributed by atoms with Crippen LogP contribution in [0, 0.1) is 17.6 Å². The van der Waals surface area contributed by atoms with Gasteiger partial charge in [-0.1, -0.05) is 0 Å². The Morgan fingerprint density at radius 3 is 2.65 bits per heavy atom. The zero-order chi connectivity index (χ0) is 18.3. The van der Waals surface area contributed by atoms with Gasteiger partial charge in [-0.25, -0.2) is 18.4 Å². The molecule has 0 aliphatic heterocycles. The predicted octanol–water partition coefficient (Wildman–Crippen LogP) is 3.35. The molecule has 5 nitrogen and oxygen atoms in total. The fourth-order valence-electron chi connectivity index (χ4n) is 2.91. The van der Waals surface area contributed by atoms with Gasteiger partial charge >= 0.3 is 0 Å². The van der Waals surface area contributed by atoms with E-state index >= 15 is 0 Å². The molecule has 132 valence electrons. The first-order chi connectivity index (χ1) is 12.5. The molecule has 0 unspecified atom stereocenters. The van der Waals surface area contributed by atoms with Crippen LogP contribution >= 0.6 is 0 Å². The fraction of sp³-hybridized carbons (Fsp3) is 0.167. The predicted molar refractivity (Wildman–Crippen MR) is 87.2 cm³/mol. The van der Waals surface area contributed by atoms with Crippen LogP contribution in [0.15, 0.2) is 48.8 Å². The molecule has 1 aliphatic rings. The fourth-order valence-corrected chi connectivity index (χ4v) is 2.91. The van der Waals surface area contributed by atoms with Crippen LogP contribution in [0.5, 0.6) is 0 Å². The van der Waals surface area contributed by atoms with E-state index in [0.717, 1.165) is 18.2 Å². The lowest BCUT2D eigenvalue weighted by molar-refractivity contribution is -0.118. The Bertz CT molecular complexity index is 998. The maximum Gasteiger partial charge on any atom is 0.236 e. The summed E-state index contributed by atoms with van der Waals surface area (Å²) in [5, 5.41) is 6.78. The van der Waals surface area contributed by atoms with E-state index in [2.05, 4.69) is 15.4 Å². The average Bonchev–Trinajstić information content (AvgIpc) is 3.30. The molecule has 0 atom stereocenters. The summed E-state index contributed by atoms with van der Waals surface area (Å²) in [6.45, 7) is 0. The first kappa shape index (κ1) is 16.3. The zero-order valence-corrected chi connectivity index (χ0v) is 13.4. The Balaban J connectivity index is 1.56. The quantitative estimate of drug-likeness (QED) is 0.728. The van der Waals surface area contributed by atoms with E-state index < -0.39 is 28.9 Å². The van der Waals surface area contributed by atoms with Crippen LogP contribution in [0.1, 0.15) is 18.4 Å². The summed E-state index contributed by atoms with van der Waals surface area (Å²) in [5.41, 5.74) is -0.598. The van der Waals surface area contributed by atoms with Crippen molar-refractivity contribution in [2.24, 2.45) is 0 Å². The van der Waals surface area contributed by atoms with E-state index in [0.29, 0.717) is 18.5 Å². The number of carbonyl (C=O) groups excluding carboxylic acids is 1. The van der Waals surface area contributed by atoms with Gasteiger partial charge in [0.1, 0.15) is 11.6 Å². The Morgan fingerprint density at radius 2 is 1.92 bits per heavy atom. The lowest BCUT2D eigenvalue weighted by Crippen LogP contribution is -2.29. The third-order valence-electron chi connectivity index (χ3n) is 4.43. The number of benzene rings is 1. The summed E-state index contributed by atoms with van der Waals surface area (Å²) in [6, 6.07) is 7.39. The molecule has 3 aromatic rings. The minimum Gasteiger partial charge on any atom is -0.308 e. The van der Waals surface area contributed by atoms with E-state index in [4.69, 9.17) is 0 Å². The summed E-state index contributed by atoms with van der Waals surface area (Å²) in [4.78, 5) is 16.1. The normalized spacial score (nSPS) is 14.9. The number of halogens is 3. The van der Waals surface area contributed by atoms with E-state index in [1.807, 2.05) is 0 Å². The Hall–Kier alpha value is -3.16. The highest BCUT2D eigenvalue weighted by Crippen LogP contribution is 2.50. The second-order valence-corrected chi connectivity index (χ2v) is 6.14. The van der Waals surface area contributed by atoms with Gasteiger partial charge in [0.05, 0.1) is 11.1 Å². The summed E-state index contributed by atoms with van der Waals surface area (Å²) < 4.78 is 42.1. The van der Waals surface area contributed by atoms with Gasteiger partial charge < -0.3 is 5.32 Å². The SMILES string of the molecule is O=C(Nc1ccn(-c2ccnc(F)c2)n1)C1(c2cc(F)ccc2F)CC1. The van der Waals surface area contributed by atoms with Crippen molar-refractivity contribution in [3.05, 3.63) is 71.9 Å². The second-order valence-electron chi connectivity index (χ2n) is 6.14. The summed E-state index contributed by atoms with van der Waals surface area (Å²) in [7, 11) is 0. The van der Waals surface area contributed by atoms with Gasteiger partial charge in [0, 0.05) is 30.1 Å². The van der Waals surface area contributed by atoms with E-state index in [-0.39, 0.29) is 11.4 Å². The van der Waals surface area contributed by atoms with Gasteiger partial charge in [0.2, 0.25) is 11.9 Å². The van der Waals surface area contributed by atoms with Gasteiger partial charge in [-0.3, -0.25) is 4.79 Å². The van der Waals surface area contributed by atoms with Crippen molar-refractivity contribution in [1.29, 1.82) is 0 Å². The number of nitrogens with one attached hydrogen (secondary N) is 1. The molecule has 0 spiro atoms. The van der Waals surface area contributed by atoms with Gasteiger partial charge in [-0.2, -0.15) is 9.49 Å². The molecule has 8 heteroatoms. The Labute approximate surface area is 146 Å². The van der Waals surface area contributed by atoms with Crippen LogP contribution in [-0.2, 0) is 10.2 Å². The molecule has 2 heterocycles. The highest BCUT2D eigenvalue weighted by Gasteiger charge is 2.53. The van der Waals surface area contributed by atoms with Crippen LogP contribution in [0.2, 0.25) is 0 Å². The minimum absolute atomic E-state index is 0.0469. The van der Waals surface area contributed by atoms with Gasteiger partial charge in [-0.05, 0) is 37.1 Å². The molecule has 1 fully saturated rings. The summed E-state index contributed by atoms with van der Waals surface area (Å²) >= 11 is 0. The molecule has 1 aliphatic carbocycles. The number of hydrogen-bond acceptors (Lipinski definition) is 3. The molecule has 2 aromatic heterocycles. The van der Waals surface area contributed by atoms with Crippen molar-refractivity contribution < 1.29 is 18.0 Å². The molecular weight excluding hydrogens is 345 g/mol. The van der Waals surface area contributed by atoms with Crippen molar-refractivity contribution >= 4 is 11.7 Å². The van der Waals surface area contributed by atoms with Crippen LogP contribution in [0.25, 0.3) is 5.69 Å². The monoisotopic (exact) mass is 358 g/mol. The topological polar surface area (TPSA) is 59.8 Å². The van der Waals surface area contributed by atoms with Crippen molar-refractivity contribution in [3.63, 3.8) is 0 Å². The number of rotatable bonds is 4. The summed E-state index contributed by atoms with van der Waals surface area (Å²) in [6.07, 6.45) is 3.70. The zero-order valence-electron chi connectivity index (χ0n) is 13.4. The van der Waals surface area contributed by atoms with Crippen LogP contribution in [0.3, 0.4) is 0 Å². The van der Waals surface area contributed by atoms with Gasteiger partial charge in [-0.15, -0.1) is 0 Å². The number of nitrogens with zero attached hydrogens (tertiary/aromatic N) is 3. The second kappa shape index (κ2) is 5.98. The average molecular weight is 358 g/mol. The van der Waals surface area contributed by atoms with E-state index in [1.165, 1.54) is 23.0 Å². The highest BCUT2D eigenvalue weighted by atomic mass is 19.1. The molecule has 0 saturated heterocycles. The Morgan fingerprint density at radius 1 is 1.12 bits per heavy atom. The number of anilines is 1. The van der Waals surface area contributed by atoms with Crippen molar-refractivity contribution in [1.82, 2.24) is 14.8 Å². The van der Waals surface area contributed by atoms with Gasteiger partial charge in [0.15, 0.2) is 5.82 Å². The van der Waals surface area contributed by atoms with E-state index in [9.17, 15) is 18.0 Å². The molecule has 4 rings (SSSR count). The maximum atomic E-state index is 14.1. The lowest BCUT2D eigenvalue weighted by Gasteiger charge is -2.15. The van der Waals surface area contributed by atoms with Crippen molar-refractivity contribution in [2.45, 2.75) is 18.3 Å².